The molecular formula is C26H40F2N4O2S. The molecule has 0 spiro atoms. The molecule has 9 heteroatoms. The topological polar surface area (TPSA) is 67.2 Å². The number of halogens is 2. The van der Waals surface area contributed by atoms with Crippen molar-refractivity contribution in [2.75, 3.05) is 23.6 Å². The molecule has 35 heavy (non-hydrogen) atoms. The van der Waals surface area contributed by atoms with E-state index in [1.807, 2.05) is 13.0 Å². The van der Waals surface area contributed by atoms with Crippen molar-refractivity contribution >= 4 is 26.7 Å². The van der Waals surface area contributed by atoms with Gasteiger partial charge in [0.25, 0.3) is 0 Å². The van der Waals surface area contributed by atoms with Gasteiger partial charge in [0, 0.05) is 30.8 Å². The molecule has 1 aliphatic heterocycles. The Kier molecular flexibility index (Phi) is 7.49. The highest BCUT2D eigenvalue weighted by Crippen LogP contribution is 2.38. The zero-order valence-electron chi connectivity index (χ0n) is 21.5. The van der Waals surface area contributed by atoms with Gasteiger partial charge in [0.1, 0.15) is 5.82 Å². The number of rotatable bonds is 7. The van der Waals surface area contributed by atoms with E-state index in [1.165, 1.54) is 6.42 Å². The number of aromatic nitrogens is 2. The standard InChI is InChI=1S/C26H40F2N4O2S/c1-19(31-14-6-5-7-15-31)18-35(33,34)30-21-8-9-23-22(16-21)29-24(25(2,3)4)32(23)17-20-10-12-26(27,28)13-11-20/h8-9,16,19-20,30H,5-7,10-15,17-18H2,1-4H3. The van der Waals surface area contributed by atoms with E-state index < -0.39 is 15.9 Å². The number of likely N-dealkylation sites (tertiary alicyclic amines) is 1. The number of alkyl halides is 2. The zero-order valence-corrected chi connectivity index (χ0v) is 22.3. The molecule has 1 saturated heterocycles. The van der Waals surface area contributed by atoms with Gasteiger partial charge in [0.05, 0.1) is 22.5 Å². The fourth-order valence-corrected chi connectivity index (χ4v) is 6.91. The van der Waals surface area contributed by atoms with Gasteiger partial charge in [-0.25, -0.2) is 22.2 Å². The van der Waals surface area contributed by atoms with E-state index in [0.717, 1.165) is 42.8 Å². The number of piperidine rings is 1. The Morgan fingerprint density at radius 1 is 1.14 bits per heavy atom. The lowest BCUT2D eigenvalue weighted by Gasteiger charge is -2.32. The Hall–Kier alpha value is -1.74. The second-order valence-corrected chi connectivity index (χ2v) is 13.4. The Morgan fingerprint density at radius 3 is 2.43 bits per heavy atom. The molecule has 0 bridgehead atoms. The first kappa shape index (κ1) is 26.3. The number of nitrogens with one attached hydrogen (secondary N) is 1. The summed E-state index contributed by atoms with van der Waals surface area (Å²) in [4.78, 5) is 7.13. The summed E-state index contributed by atoms with van der Waals surface area (Å²) < 4.78 is 58.1. The summed E-state index contributed by atoms with van der Waals surface area (Å²) in [5, 5.41) is 0. The lowest BCUT2D eigenvalue weighted by molar-refractivity contribution is -0.0473. The van der Waals surface area contributed by atoms with Crippen molar-refractivity contribution in [1.82, 2.24) is 14.5 Å². The van der Waals surface area contributed by atoms with Crippen LogP contribution in [0.3, 0.4) is 0 Å². The number of sulfonamides is 1. The van der Waals surface area contributed by atoms with Crippen LogP contribution in [0.5, 0.6) is 0 Å². The van der Waals surface area contributed by atoms with Crippen LogP contribution in [-0.2, 0) is 22.0 Å². The SMILES string of the molecule is CC(CS(=O)(=O)Nc1ccc2c(c1)nc(C(C)(C)C)n2CC1CCC(F)(F)CC1)N1CCCCC1. The molecule has 1 aliphatic carbocycles. The van der Waals surface area contributed by atoms with E-state index >= 15 is 0 Å². The first-order valence-corrected chi connectivity index (χ1v) is 14.6. The summed E-state index contributed by atoms with van der Waals surface area (Å²) >= 11 is 0. The summed E-state index contributed by atoms with van der Waals surface area (Å²) in [5.74, 6) is -1.41. The number of nitrogens with zero attached hydrogens (tertiary/aromatic N) is 3. The van der Waals surface area contributed by atoms with E-state index in [1.54, 1.807) is 12.1 Å². The van der Waals surface area contributed by atoms with Crippen LogP contribution in [0.4, 0.5) is 14.5 Å². The van der Waals surface area contributed by atoms with Gasteiger partial charge in [0.15, 0.2) is 0 Å². The minimum atomic E-state index is -3.51. The van der Waals surface area contributed by atoms with Crippen LogP contribution < -0.4 is 4.72 Å². The van der Waals surface area contributed by atoms with E-state index in [0.29, 0.717) is 25.1 Å². The summed E-state index contributed by atoms with van der Waals surface area (Å²) in [5.41, 5.74) is 1.91. The molecule has 2 fully saturated rings. The number of hydrogen-bond acceptors (Lipinski definition) is 4. The second-order valence-electron chi connectivity index (χ2n) is 11.6. The van der Waals surface area contributed by atoms with Crippen molar-refractivity contribution in [3.8, 4) is 0 Å². The first-order chi connectivity index (χ1) is 16.3. The number of fused-ring (bicyclic) bond motifs is 1. The highest BCUT2D eigenvalue weighted by atomic mass is 32.2. The van der Waals surface area contributed by atoms with Crippen LogP contribution in [0.25, 0.3) is 11.0 Å². The van der Waals surface area contributed by atoms with E-state index in [2.05, 4.69) is 35.0 Å². The average Bonchev–Trinajstić information content (AvgIpc) is 3.13. The summed E-state index contributed by atoms with van der Waals surface area (Å²) in [7, 11) is -3.51. The molecule has 196 valence electrons. The molecule has 2 aromatic rings. The van der Waals surface area contributed by atoms with Gasteiger partial charge < -0.3 is 4.57 Å². The third-order valence-electron chi connectivity index (χ3n) is 7.44. The lowest BCUT2D eigenvalue weighted by atomic mass is 9.86. The Labute approximate surface area is 208 Å². The van der Waals surface area contributed by atoms with Crippen LogP contribution in [0.1, 0.15) is 78.5 Å². The Bertz CT molecular complexity index is 1120. The maximum Gasteiger partial charge on any atom is 0.248 e. The number of anilines is 1. The zero-order chi connectivity index (χ0) is 25.4. The minimum absolute atomic E-state index is 0.0360. The predicted octanol–water partition coefficient (Wildman–Crippen LogP) is 5.78. The van der Waals surface area contributed by atoms with Crippen LogP contribution in [-0.4, -0.2) is 53.7 Å². The highest BCUT2D eigenvalue weighted by molar-refractivity contribution is 7.92. The molecule has 2 aliphatic rings. The Morgan fingerprint density at radius 2 is 1.80 bits per heavy atom. The second kappa shape index (κ2) is 9.96. The quantitative estimate of drug-likeness (QED) is 0.513. The van der Waals surface area contributed by atoms with Gasteiger partial charge >= 0.3 is 0 Å². The van der Waals surface area contributed by atoms with Gasteiger partial charge in [0.2, 0.25) is 15.9 Å². The first-order valence-electron chi connectivity index (χ1n) is 13.0. The average molecular weight is 511 g/mol. The summed E-state index contributed by atoms with van der Waals surface area (Å²) in [6.07, 6.45) is 4.35. The molecule has 1 aromatic heterocycles. The number of hydrogen-bond donors (Lipinski definition) is 1. The van der Waals surface area contributed by atoms with Crippen molar-refractivity contribution in [3.05, 3.63) is 24.0 Å². The third-order valence-corrected chi connectivity index (χ3v) is 8.91. The van der Waals surface area contributed by atoms with Crippen molar-refractivity contribution in [1.29, 1.82) is 0 Å². The van der Waals surface area contributed by atoms with E-state index in [4.69, 9.17) is 4.98 Å². The molecule has 1 saturated carbocycles. The van der Waals surface area contributed by atoms with E-state index in [9.17, 15) is 17.2 Å². The molecule has 1 atom stereocenters. The fourth-order valence-electron chi connectivity index (χ4n) is 5.49. The molecule has 1 aromatic carbocycles. The lowest BCUT2D eigenvalue weighted by Crippen LogP contribution is -2.42. The molecule has 4 rings (SSSR count). The third kappa shape index (κ3) is 6.53. The van der Waals surface area contributed by atoms with Crippen molar-refractivity contribution in [3.63, 3.8) is 0 Å². The molecular weight excluding hydrogens is 470 g/mol. The highest BCUT2D eigenvalue weighted by Gasteiger charge is 2.36. The van der Waals surface area contributed by atoms with Gasteiger partial charge in [-0.1, -0.05) is 27.2 Å². The minimum Gasteiger partial charge on any atom is -0.327 e. The smallest absolute Gasteiger partial charge is 0.248 e. The largest absolute Gasteiger partial charge is 0.327 e. The van der Waals surface area contributed by atoms with Gasteiger partial charge in [-0.3, -0.25) is 9.62 Å². The van der Waals surface area contributed by atoms with Gasteiger partial charge in [-0.15, -0.1) is 0 Å². The van der Waals surface area contributed by atoms with Gasteiger partial charge in [-0.2, -0.15) is 0 Å². The summed E-state index contributed by atoms with van der Waals surface area (Å²) in [6, 6.07) is 5.44. The molecule has 0 amide bonds. The molecule has 2 heterocycles. The maximum absolute atomic E-state index is 13.7. The van der Waals surface area contributed by atoms with Crippen LogP contribution in [0.15, 0.2) is 18.2 Å². The van der Waals surface area contributed by atoms with Crippen LogP contribution >= 0.6 is 0 Å². The van der Waals surface area contributed by atoms with Crippen LogP contribution in [0.2, 0.25) is 0 Å². The Balaban J connectivity index is 1.53. The molecule has 0 radical (unpaired) electrons. The van der Waals surface area contributed by atoms with Crippen molar-refractivity contribution < 1.29 is 17.2 Å². The summed E-state index contributed by atoms with van der Waals surface area (Å²) in [6.45, 7) is 10.8. The maximum atomic E-state index is 13.7. The fraction of sp³-hybridized carbons (Fsp3) is 0.731. The molecule has 1 unspecified atom stereocenters. The predicted molar refractivity (Wildman–Crippen MR) is 138 cm³/mol. The van der Waals surface area contributed by atoms with Gasteiger partial charge in [-0.05, 0) is 69.8 Å². The normalized spacial score (nSPS) is 21.3. The number of benzene rings is 1. The number of imidazole rings is 1. The van der Waals surface area contributed by atoms with Crippen LogP contribution in [0, 0.1) is 5.92 Å². The van der Waals surface area contributed by atoms with E-state index in [-0.39, 0.29) is 36.0 Å². The van der Waals surface area contributed by atoms with Crippen molar-refractivity contribution in [2.45, 2.75) is 96.6 Å². The monoisotopic (exact) mass is 510 g/mol. The van der Waals surface area contributed by atoms with Crippen molar-refractivity contribution in [2.24, 2.45) is 5.92 Å². The molecule has 1 N–H and O–H groups in total. The molecule has 6 nitrogen and oxygen atoms in total.